The monoisotopic (exact) mass is 1070 g/mol. The molecule has 0 amide bonds. The molecular formula is C71H120O6. The van der Waals surface area contributed by atoms with E-state index in [0.717, 1.165) is 109 Å². The van der Waals surface area contributed by atoms with Crippen molar-refractivity contribution in [2.24, 2.45) is 0 Å². The van der Waals surface area contributed by atoms with Gasteiger partial charge < -0.3 is 14.2 Å². The maximum atomic E-state index is 12.9. The maximum absolute atomic E-state index is 12.9. The van der Waals surface area contributed by atoms with Gasteiger partial charge in [-0.25, -0.2) is 0 Å². The fourth-order valence-electron chi connectivity index (χ4n) is 8.92. The summed E-state index contributed by atoms with van der Waals surface area (Å²) in [4.78, 5) is 38.2. The third-order valence-corrected chi connectivity index (χ3v) is 13.8. The highest BCUT2D eigenvalue weighted by atomic mass is 16.6. The fraction of sp³-hybridized carbons (Fsp3) is 0.704. The Labute approximate surface area is 476 Å². The lowest BCUT2D eigenvalue weighted by molar-refractivity contribution is -0.167. The van der Waals surface area contributed by atoms with Gasteiger partial charge in [0.15, 0.2) is 6.10 Å². The summed E-state index contributed by atoms with van der Waals surface area (Å²) >= 11 is 0. The van der Waals surface area contributed by atoms with E-state index in [-0.39, 0.29) is 31.1 Å². The molecule has 0 aromatic rings. The van der Waals surface area contributed by atoms with Gasteiger partial charge in [-0.1, -0.05) is 284 Å². The van der Waals surface area contributed by atoms with Gasteiger partial charge in [-0.15, -0.1) is 0 Å². The van der Waals surface area contributed by atoms with Gasteiger partial charge in [-0.3, -0.25) is 14.4 Å². The first-order chi connectivity index (χ1) is 38.0. The molecule has 0 aliphatic carbocycles. The van der Waals surface area contributed by atoms with Crippen molar-refractivity contribution in [3.8, 4) is 0 Å². The fourth-order valence-corrected chi connectivity index (χ4v) is 8.92. The molecule has 1 unspecified atom stereocenters. The van der Waals surface area contributed by atoms with Gasteiger partial charge >= 0.3 is 17.9 Å². The Morgan fingerprint density at radius 1 is 0.273 bits per heavy atom. The number of carbonyl (C=O) groups excluding carboxylic acids is 3. The molecule has 0 aliphatic rings. The maximum Gasteiger partial charge on any atom is 0.306 e. The number of rotatable bonds is 58. The molecule has 1 atom stereocenters. The summed E-state index contributed by atoms with van der Waals surface area (Å²) in [6.45, 7) is 6.49. The molecule has 440 valence electrons. The second kappa shape index (κ2) is 64.6. The highest BCUT2D eigenvalue weighted by Crippen LogP contribution is 2.16. The van der Waals surface area contributed by atoms with Crippen LogP contribution in [0.3, 0.4) is 0 Å². The van der Waals surface area contributed by atoms with Crippen molar-refractivity contribution in [3.63, 3.8) is 0 Å². The third-order valence-electron chi connectivity index (χ3n) is 13.8. The van der Waals surface area contributed by atoms with Crippen LogP contribution in [0.2, 0.25) is 0 Å². The van der Waals surface area contributed by atoms with E-state index in [1.54, 1.807) is 0 Å². The highest BCUT2D eigenvalue weighted by Gasteiger charge is 2.19. The minimum atomic E-state index is -0.796. The van der Waals surface area contributed by atoms with Crippen molar-refractivity contribution in [2.45, 2.75) is 309 Å². The average molecular weight is 1070 g/mol. The number of hydrogen-bond donors (Lipinski definition) is 0. The largest absolute Gasteiger partial charge is 0.462 e. The van der Waals surface area contributed by atoms with Crippen molar-refractivity contribution in [3.05, 3.63) is 109 Å². The van der Waals surface area contributed by atoms with Gasteiger partial charge in [-0.05, 0) is 109 Å². The van der Waals surface area contributed by atoms with E-state index in [9.17, 15) is 14.4 Å². The van der Waals surface area contributed by atoms with Crippen molar-refractivity contribution in [2.75, 3.05) is 13.2 Å². The van der Waals surface area contributed by atoms with Crippen LogP contribution in [0.25, 0.3) is 0 Å². The van der Waals surface area contributed by atoms with Gasteiger partial charge in [0, 0.05) is 19.3 Å². The molecule has 0 spiro atoms. The van der Waals surface area contributed by atoms with E-state index in [4.69, 9.17) is 14.2 Å². The number of carbonyl (C=O) groups is 3. The molecule has 77 heavy (non-hydrogen) atoms. The molecule has 0 aromatic heterocycles. The minimum absolute atomic E-state index is 0.0909. The Hall–Kier alpha value is -3.93. The van der Waals surface area contributed by atoms with E-state index >= 15 is 0 Å². The molecule has 0 heterocycles. The smallest absolute Gasteiger partial charge is 0.306 e. The minimum Gasteiger partial charge on any atom is -0.462 e. The van der Waals surface area contributed by atoms with E-state index in [1.807, 2.05) is 0 Å². The molecular weight excluding hydrogens is 949 g/mol. The summed E-state index contributed by atoms with van der Waals surface area (Å²) in [6.07, 6.45) is 88.2. The Bertz CT molecular complexity index is 1560. The van der Waals surface area contributed by atoms with Gasteiger partial charge in [0.25, 0.3) is 0 Å². The lowest BCUT2D eigenvalue weighted by atomic mass is 10.0. The van der Waals surface area contributed by atoms with Crippen LogP contribution in [-0.2, 0) is 28.6 Å². The Morgan fingerprint density at radius 3 is 0.831 bits per heavy atom. The molecule has 0 saturated carbocycles. The zero-order valence-corrected chi connectivity index (χ0v) is 50.4. The quantitative estimate of drug-likeness (QED) is 0.0261. The molecule has 0 N–H and O–H groups in total. The zero-order valence-electron chi connectivity index (χ0n) is 50.4. The predicted molar refractivity (Wildman–Crippen MR) is 334 cm³/mol. The van der Waals surface area contributed by atoms with E-state index in [2.05, 4.69) is 130 Å². The third kappa shape index (κ3) is 62.8. The van der Waals surface area contributed by atoms with E-state index in [0.29, 0.717) is 19.3 Å². The summed E-state index contributed by atoms with van der Waals surface area (Å²) in [5, 5.41) is 0. The van der Waals surface area contributed by atoms with Gasteiger partial charge in [-0.2, -0.15) is 0 Å². The van der Waals surface area contributed by atoms with Crippen LogP contribution >= 0.6 is 0 Å². The van der Waals surface area contributed by atoms with Crippen LogP contribution in [0.4, 0.5) is 0 Å². The summed E-state index contributed by atoms with van der Waals surface area (Å²) < 4.78 is 16.8. The molecule has 0 saturated heterocycles. The first-order valence-electron chi connectivity index (χ1n) is 32.4. The van der Waals surface area contributed by atoms with Gasteiger partial charge in [0.1, 0.15) is 13.2 Å². The van der Waals surface area contributed by atoms with Crippen LogP contribution in [0.1, 0.15) is 303 Å². The first-order valence-corrected chi connectivity index (χ1v) is 32.4. The van der Waals surface area contributed by atoms with Crippen molar-refractivity contribution >= 4 is 17.9 Å². The molecule has 6 nitrogen and oxygen atoms in total. The summed E-state index contributed by atoms with van der Waals surface area (Å²) in [5.41, 5.74) is 0. The van der Waals surface area contributed by atoms with Gasteiger partial charge in [0.2, 0.25) is 0 Å². The molecule has 0 radical (unpaired) electrons. The Morgan fingerprint density at radius 2 is 0.506 bits per heavy atom. The van der Waals surface area contributed by atoms with Crippen LogP contribution in [0, 0.1) is 0 Å². The SMILES string of the molecule is CC/C=C\C/C=C\C/C=C\C/C=C\C/C=C\C/C=C\C/C=C\C/C=C\CCCCC(=O)OCC(COC(=O)CCCCCCCCCCC)OC(=O)CCCCCCCCCCCCC/C=C\CCCCCCCCCC. The summed E-state index contributed by atoms with van der Waals surface area (Å²) in [7, 11) is 0. The van der Waals surface area contributed by atoms with E-state index < -0.39 is 6.10 Å². The van der Waals surface area contributed by atoms with Crippen LogP contribution in [-0.4, -0.2) is 37.2 Å². The topological polar surface area (TPSA) is 78.9 Å². The highest BCUT2D eigenvalue weighted by molar-refractivity contribution is 5.71. The standard InChI is InChI=1S/C71H120O6/c1-4-7-10-13-16-19-21-23-25-27-29-31-33-34-35-36-38-39-41-43-45-47-49-52-55-58-61-64-70(73)76-67-68(66-75-69(72)63-60-57-54-51-18-15-12-9-6-3)77-71(74)65-62-59-56-53-50-48-46-44-42-40-37-32-30-28-26-24-22-20-17-14-11-8-5-2/h7,10,16,19,23,25,28-31,34-35,38-39,43,45,49,52,68H,4-6,8-9,11-15,17-18,20-22,24,26-27,32-33,36-37,40-42,44,46-48,50-51,53-67H2,1-3H3/b10-7-,19-16-,25-23-,30-28-,31-29-,35-34-,39-38-,45-43-,52-49-. The molecule has 0 rings (SSSR count). The van der Waals surface area contributed by atoms with Crippen molar-refractivity contribution in [1.82, 2.24) is 0 Å². The number of unbranched alkanes of at least 4 members (excludes halogenated alkanes) is 29. The molecule has 0 bridgehead atoms. The van der Waals surface area contributed by atoms with Crippen LogP contribution < -0.4 is 0 Å². The van der Waals surface area contributed by atoms with Crippen LogP contribution in [0.15, 0.2) is 109 Å². The number of allylic oxidation sites excluding steroid dienone is 18. The van der Waals surface area contributed by atoms with Crippen molar-refractivity contribution in [1.29, 1.82) is 0 Å². The molecule has 0 aliphatic heterocycles. The molecule has 6 heteroatoms. The Balaban J connectivity index is 4.31. The molecule has 0 aromatic carbocycles. The average Bonchev–Trinajstić information content (AvgIpc) is 3.43. The number of hydrogen-bond acceptors (Lipinski definition) is 6. The lowest BCUT2D eigenvalue weighted by Crippen LogP contribution is -2.30. The van der Waals surface area contributed by atoms with Crippen LogP contribution in [0.5, 0.6) is 0 Å². The second-order valence-electron chi connectivity index (χ2n) is 21.3. The van der Waals surface area contributed by atoms with E-state index in [1.165, 1.54) is 154 Å². The second-order valence-corrected chi connectivity index (χ2v) is 21.3. The lowest BCUT2D eigenvalue weighted by Gasteiger charge is -2.18. The Kier molecular flexibility index (Phi) is 61.3. The summed E-state index contributed by atoms with van der Waals surface area (Å²) in [6, 6.07) is 0. The number of esters is 3. The normalized spacial score (nSPS) is 12.8. The number of ether oxygens (including phenoxy) is 3. The molecule has 0 fully saturated rings. The van der Waals surface area contributed by atoms with Crippen molar-refractivity contribution < 1.29 is 28.6 Å². The van der Waals surface area contributed by atoms with Gasteiger partial charge in [0.05, 0.1) is 0 Å². The first kappa shape index (κ1) is 73.1. The predicted octanol–water partition coefficient (Wildman–Crippen LogP) is 22.2. The summed E-state index contributed by atoms with van der Waals surface area (Å²) in [5.74, 6) is -0.933. The zero-order chi connectivity index (χ0) is 55.7.